The zero-order valence-corrected chi connectivity index (χ0v) is 14.2. The fourth-order valence-electron chi connectivity index (χ4n) is 2.37. The first-order valence-electron chi connectivity index (χ1n) is 7.06. The molecule has 2 aromatic carbocycles. The highest BCUT2D eigenvalue weighted by Crippen LogP contribution is 2.28. The van der Waals surface area contributed by atoms with Crippen molar-refractivity contribution in [3.8, 4) is 5.75 Å². The van der Waals surface area contributed by atoms with Crippen molar-refractivity contribution in [2.45, 2.75) is 20.5 Å². The molecule has 0 spiro atoms. The Kier molecular flexibility index (Phi) is 4.33. The molecule has 0 atom stereocenters. The van der Waals surface area contributed by atoms with Crippen molar-refractivity contribution in [2.24, 2.45) is 0 Å². The third-order valence-electron chi connectivity index (χ3n) is 3.80. The topological polar surface area (TPSA) is 39.4 Å². The summed E-state index contributed by atoms with van der Waals surface area (Å²) in [6.45, 7) is 4.15. The molecule has 23 heavy (non-hydrogen) atoms. The Hall–Kier alpha value is -1.97. The van der Waals surface area contributed by atoms with E-state index in [1.54, 1.807) is 18.2 Å². The summed E-state index contributed by atoms with van der Waals surface area (Å²) in [5.41, 5.74) is 3.01. The van der Waals surface area contributed by atoms with Gasteiger partial charge >= 0.3 is 5.63 Å². The number of fused-ring (bicyclic) bond motifs is 1. The number of benzene rings is 2. The minimum absolute atomic E-state index is 0.239. The van der Waals surface area contributed by atoms with E-state index >= 15 is 0 Å². The van der Waals surface area contributed by atoms with Crippen LogP contribution in [0.1, 0.15) is 16.7 Å². The van der Waals surface area contributed by atoms with E-state index in [9.17, 15) is 4.79 Å². The second kappa shape index (κ2) is 6.26. The van der Waals surface area contributed by atoms with Crippen LogP contribution >= 0.6 is 23.2 Å². The Bertz CT molecular complexity index is 945. The minimum atomic E-state index is -0.390. The van der Waals surface area contributed by atoms with Gasteiger partial charge in [0.15, 0.2) is 0 Å². The number of hydrogen-bond acceptors (Lipinski definition) is 3. The maximum absolute atomic E-state index is 11.8. The zero-order chi connectivity index (χ0) is 16.6. The second-order valence-corrected chi connectivity index (χ2v) is 6.15. The van der Waals surface area contributed by atoms with Crippen LogP contribution in [0.4, 0.5) is 0 Å². The molecule has 5 heteroatoms. The molecule has 0 fully saturated rings. The normalized spacial score (nSPS) is 11.0. The zero-order valence-electron chi connectivity index (χ0n) is 12.7. The summed E-state index contributed by atoms with van der Waals surface area (Å²) in [6, 6.07) is 10.4. The molecular weight excluding hydrogens is 335 g/mol. The van der Waals surface area contributed by atoms with E-state index in [4.69, 9.17) is 32.4 Å². The van der Waals surface area contributed by atoms with Gasteiger partial charge in [-0.25, -0.2) is 4.79 Å². The highest BCUT2D eigenvalue weighted by Gasteiger charge is 2.10. The van der Waals surface area contributed by atoms with Crippen molar-refractivity contribution in [3.05, 3.63) is 73.6 Å². The molecule has 3 aromatic rings. The molecule has 0 saturated carbocycles. The molecule has 3 nitrogen and oxygen atoms in total. The van der Waals surface area contributed by atoms with Crippen LogP contribution < -0.4 is 10.4 Å². The van der Waals surface area contributed by atoms with Crippen LogP contribution in [0, 0.1) is 13.8 Å². The fourth-order valence-corrected chi connectivity index (χ4v) is 2.66. The monoisotopic (exact) mass is 348 g/mol. The lowest BCUT2D eigenvalue weighted by Gasteiger charge is -2.11. The van der Waals surface area contributed by atoms with E-state index < -0.39 is 0 Å². The van der Waals surface area contributed by atoms with Crippen LogP contribution in [-0.4, -0.2) is 0 Å². The summed E-state index contributed by atoms with van der Waals surface area (Å²) < 4.78 is 11.1. The Morgan fingerprint density at radius 1 is 1.04 bits per heavy atom. The molecule has 0 aliphatic heterocycles. The number of ether oxygens (including phenoxy) is 1. The number of hydrogen-bond donors (Lipinski definition) is 0. The summed E-state index contributed by atoms with van der Waals surface area (Å²) >= 11 is 11.9. The first-order valence-corrected chi connectivity index (χ1v) is 7.82. The van der Waals surface area contributed by atoms with Crippen LogP contribution in [0.5, 0.6) is 5.75 Å². The van der Waals surface area contributed by atoms with Crippen LogP contribution in [0.2, 0.25) is 10.0 Å². The van der Waals surface area contributed by atoms with Gasteiger partial charge in [0.25, 0.3) is 0 Å². The van der Waals surface area contributed by atoms with Gasteiger partial charge in [-0.2, -0.15) is 0 Å². The average molecular weight is 349 g/mol. The molecule has 0 unspecified atom stereocenters. The van der Waals surface area contributed by atoms with Gasteiger partial charge in [0, 0.05) is 23.1 Å². The highest BCUT2D eigenvalue weighted by molar-refractivity contribution is 6.42. The molecule has 0 radical (unpaired) electrons. The van der Waals surface area contributed by atoms with Crippen molar-refractivity contribution in [3.63, 3.8) is 0 Å². The Morgan fingerprint density at radius 2 is 1.83 bits per heavy atom. The number of halogens is 2. The van der Waals surface area contributed by atoms with Crippen LogP contribution in [0.3, 0.4) is 0 Å². The third-order valence-corrected chi connectivity index (χ3v) is 4.54. The molecule has 0 aliphatic carbocycles. The summed E-state index contributed by atoms with van der Waals surface area (Å²) in [6.07, 6.45) is 0. The SMILES string of the molecule is Cc1ccc2c(COc3ccc(Cl)c(Cl)c3)cc(=O)oc2c1C. The largest absolute Gasteiger partial charge is 0.489 e. The quantitative estimate of drug-likeness (QED) is 0.603. The molecule has 0 saturated heterocycles. The van der Waals surface area contributed by atoms with Gasteiger partial charge in [0.05, 0.1) is 10.0 Å². The van der Waals surface area contributed by atoms with Gasteiger partial charge in [-0.15, -0.1) is 0 Å². The first kappa shape index (κ1) is 15.9. The molecule has 3 rings (SSSR count). The Labute approximate surface area is 143 Å². The van der Waals surface area contributed by atoms with Gasteiger partial charge in [-0.3, -0.25) is 0 Å². The molecule has 1 aromatic heterocycles. The van der Waals surface area contributed by atoms with E-state index in [0.29, 0.717) is 21.4 Å². The molecule has 0 aliphatic rings. The van der Waals surface area contributed by atoms with Gasteiger partial charge in [0.1, 0.15) is 17.9 Å². The molecule has 118 valence electrons. The van der Waals surface area contributed by atoms with Gasteiger partial charge in [-0.05, 0) is 37.1 Å². The molecule has 0 N–H and O–H groups in total. The van der Waals surface area contributed by atoms with E-state index in [-0.39, 0.29) is 12.2 Å². The number of rotatable bonds is 3. The van der Waals surface area contributed by atoms with E-state index in [2.05, 4.69) is 0 Å². The second-order valence-electron chi connectivity index (χ2n) is 5.34. The van der Waals surface area contributed by atoms with Crippen molar-refractivity contribution >= 4 is 34.2 Å². The van der Waals surface area contributed by atoms with E-state index in [1.807, 2.05) is 26.0 Å². The molecule has 0 amide bonds. The fraction of sp³-hybridized carbons (Fsp3) is 0.167. The third kappa shape index (κ3) is 3.21. The smallest absolute Gasteiger partial charge is 0.336 e. The predicted molar refractivity (Wildman–Crippen MR) is 92.8 cm³/mol. The summed E-state index contributed by atoms with van der Waals surface area (Å²) in [5.74, 6) is 0.588. The van der Waals surface area contributed by atoms with E-state index in [0.717, 1.165) is 22.1 Å². The highest BCUT2D eigenvalue weighted by atomic mass is 35.5. The Morgan fingerprint density at radius 3 is 2.57 bits per heavy atom. The summed E-state index contributed by atoms with van der Waals surface area (Å²) in [5, 5.41) is 1.76. The average Bonchev–Trinajstić information content (AvgIpc) is 2.52. The van der Waals surface area contributed by atoms with Gasteiger partial charge < -0.3 is 9.15 Å². The maximum Gasteiger partial charge on any atom is 0.336 e. The van der Waals surface area contributed by atoms with Gasteiger partial charge in [0.2, 0.25) is 0 Å². The first-order chi connectivity index (χ1) is 11.0. The van der Waals surface area contributed by atoms with Crippen LogP contribution in [-0.2, 0) is 6.61 Å². The minimum Gasteiger partial charge on any atom is -0.489 e. The van der Waals surface area contributed by atoms with Gasteiger partial charge in [-0.1, -0.05) is 35.3 Å². The maximum atomic E-state index is 11.8. The van der Waals surface area contributed by atoms with Crippen molar-refractivity contribution < 1.29 is 9.15 Å². The lowest BCUT2D eigenvalue weighted by atomic mass is 10.0. The summed E-state index contributed by atoms with van der Waals surface area (Å²) in [4.78, 5) is 11.8. The van der Waals surface area contributed by atoms with Crippen molar-refractivity contribution in [2.75, 3.05) is 0 Å². The van der Waals surface area contributed by atoms with Crippen LogP contribution in [0.15, 0.2) is 45.6 Å². The molecule has 0 bridgehead atoms. The number of aryl methyl sites for hydroxylation is 2. The summed E-state index contributed by atoms with van der Waals surface area (Å²) in [7, 11) is 0. The van der Waals surface area contributed by atoms with Crippen LogP contribution in [0.25, 0.3) is 11.0 Å². The lowest BCUT2D eigenvalue weighted by Crippen LogP contribution is -2.05. The van der Waals surface area contributed by atoms with Crippen molar-refractivity contribution in [1.82, 2.24) is 0 Å². The molecule has 1 heterocycles. The van der Waals surface area contributed by atoms with Crippen molar-refractivity contribution in [1.29, 1.82) is 0 Å². The molecular formula is C18H14Cl2O3. The Balaban J connectivity index is 1.98. The van der Waals surface area contributed by atoms with E-state index in [1.165, 1.54) is 6.07 Å². The standard InChI is InChI=1S/C18H14Cl2O3/c1-10-3-5-14-12(7-17(21)23-18(14)11(10)2)9-22-13-4-6-15(19)16(20)8-13/h3-8H,9H2,1-2H3. The lowest BCUT2D eigenvalue weighted by molar-refractivity contribution is 0.306. The predicted octanol–water partition coefficient (Wildman–Crippen LogP) is 5.30.